The third-order valence-corrected chi connectivity index (χ3v) is 4.71. The number of methoxy groups -OCH3 is 1. The summed E-state index contributed by atoms with van der Waals surface area (Å²) in [4.78, 5) is 24.3. The van der Waals surface area contributed by atoms with Gasteiger partial charge < -0.3 is 14.8 Å². The van der Waals surface area contributed by atoms with E-state index in [-0.39, 0.29) is 29.2 Å². The average Bonchev–Trinajstić information content (AvgIpc) is 2.80. The Hall–Kier alpha value is -3.84. The highest BCUT2D eigenvalue weighted by atomic mass is 35.5. The Labute approximate surface area is 191 Å². The van der Waals surface area contributed by atoms with Gasteiger partial charge in [0.2, 0.25) is 0 Å². The molecule has 32 heavy (non-hydrogen) atoms. The van der Waals surface area contributed by atoms with Crippen LogP contribution in [0.4, 0.5) is 5.69 Å². The Morgan fingerprint density at radius 3 is 2.50 bits per heavy atom. The fourth-order valence-electron chi connectivity index (χ4n) is 2.81. The van der Waals surface area contributed by atoms with Gasteiger partial charge in [-0.2, -0.15) is 5.10 Å². The first-order valence-corrected chi connectivity index (χ1v) is 10.1. The van der Waals surface area contributed by atoms with Crippen LogP contribution in [-0.2, 0) is 4.79 Å². The Kier molecular flexibility index (Phi) is 7.83. The van der Waals surface area contributed by atoms with Crippen molar-refractivity contribution in [2.45, 2.75) is 6.92 Å². The largest absolute Gasteiger partial charge is 0.493 e. The van der Waals surface area contributed by atoms with Gasteiger partial charge >= 0.3 is 0 Å². The number of ether oxygens (including phenoxy) is 2. The minimum atomic E-state index is -0.334. The van der Waals surface area contributed by atoms with Gasteiger partial charge in [0.1, 0.15) is 0 Å². The first-order chi connectivity index (χ1) is 15.5. The van der Waals surface area contributed by atoms with Crippen LogP contribution in [0.2, 0.25) is 5.02 Å². The molecule has 0 aliphatic rings. The Bertz CT molecular complexity index is 1130. The van der Waals surface area contributed by atoms with Crippen molar-refractivity contribution in [2.24, 2.45) is 5.10 Å². The number of benzene rings is 3. The van der Waals surface area contributed by atoms with Crippen LogP contribution >= 0.6 is 11.6 Å². The number of carbonyl (C=O) groups excluding carboxylic acids is 2. The highest BCUT2D eigenvalue weighted by Gasteiger charge is 2.14. The van der Waals surface area contributed by atoms with Crippen molar-refractivity contribution in [1.82, 2.24) is 5.43 Å². The number of anilines is 1. The number of hydrogen-bond donors (Lipinski definition) is 2. The van der Waals surface area contributed by atoms with Crippen LogP contribution in [0.3, 0.4) is 0 Å². The summed E-state index contributed by atoms with van der Waals surface area (Å²) in [7, 11) is 1.46. The van der Waals surface area contributed by atoms with Crippen molar-refractivity contribution in [3.8, 4) is 11.5 Å². The molecule has 0 unspecified atom stereocenters. The van der Waals surface area contributed by atoms with E-state index in [2.05, 4.69) is 15.8 Å². The number of para-hydroxylation sites is 1. The number of hydrogen-bond acceptors (Lipinski definition) is 5. The number of aryl methyl sites for hydroxylation is 1. The van der Waals surface area contributed by atoms with E-state index in [1.54, 1.807) is 36.4 Å². The number of amides is 2. The van der Waals surface area contributed by atoms with E-state index in [0.717, 1.165) is 5.56 Å². The number of rotatable bonds is 8. The number of hydrazone groups is 1. The third kappa shape index (κ3) is 6.09. The highest BCUT2D eigenvalue weighted by Crippen LogP contribution is 2.36. The van der Waals surface area contributed by atoms with Gasteiger partial charge in [-0.1, -0.05) is 48.0 Å². The molecule has 0 heterocycles. The second-order valence-corrected chi connectivity index (χ2v) is 7.16. The van der Waals surface area contributed by atoms with Gasteiger partial charge in [0.05, 0.1) is 18.3 Å². The summed E-state index contributed by atoms with van der Waals surface area (Å²) in [5.41, 5.74) is 5.18. The fraction of sp³-hybridized carbons (Fsp3) is 0.125. The lowest BCUT2D eigenvalue weighted by molar-refractivity contribution is -0.118. The van der Waals surface area contributed by atoms with E-state index in [0.29, 0.717) is 22.6 Å². The van der Waals surface area contributed by atoms with E-state index in [4.69, 9.17) is 21.1 Å². The first kappa shape index (κ1) is 22.8. The van der Waals surface area contributed by atoms with Gasteiger partial charge in [-0.15, -0.1) is 0 Å². The van der Waals surface area contributed by atoms with E-state index in [1.165, 1.54) is 13.3 Å². The maximum Gasteiger partial charge on any atom is 0.271 e. The molecule has 164 valence electrons. The molecule has 0 aromatic heterocycles. The van der Waals surface area contributed by atoms with Crippen molar-refractivity contribution in [3.63, 3.8) is 0 Å². The molecule has 7 nitrogen and oxygen atoms in total. The zero-order valence-corrected chi connectivity index (χ0v) is 18.3. The molecule has 3 aromatic carbocycles. The first-order valence-electron chi connectivity index (χ1n) is 9.72. The number of carbonyl (C=O) groups is 2. The second kappa shape index (κ2) is 11.0. The molecule has 0 aliphatic carbocycles. The minimum absolute atomic E-state index is 0.236. The molecule has 3 rings (SSSR count). The van der Waals surface area contributed by atoms with Gasteiger partial charge in [0, 0.05) is 11.3 Å². The SMILES string of the molecule is COc1cc(/C=N/NC(=O)c2ccccc2)cc(Cl)c1OCC(=O)Nc1ccccc1C. The predicted octanol–water partition coefficient (Wildman–Crippen LogP) is 4.44. The summed E-state index contributed by atoms with van der Waals surface area (Å²) >= 11 is 6.33. The monoisotopic (exact) mass is 451 g/mol. The maximum absolute atomic E-state index is 12.3. The van der Waals surface area contributed by atoms with Crippen LogP contribution in [-0.4, -0.2) is 31.7 Å². The van der Waals surface area contributed by atoms with E-state index < -0.39 is 0 Å². The third-order valence-electron chi connectivity index (χ3n) is 4.43. The Morgan fingerprint density at radius 2 is 1.78 bits per heavy atom. The van der Waals surface area contributed by atoms with Crippen molar-refractivity contribution >= 4 is 35.3 Å². The number of nitrogens with one attached hydrogen (secondary N) is 2. The summed E-state index contributed by atoms with van der Waals surface area (Å²) in [6, 6.07) is 19.4. The van der Waals surface area contributed by atoms with Crippen molar-refractivity contribution < 1.29 is 19.1 Å². The molecule has 0 radical (unpaired) electrons. The van der Waals surface area contributed by atoms with Gasteiger partial charge in [-0.05, 0) is 48.4 Å². The molecule has 0 bridgehead atoms. The molecular formula is C24H22ClN3O4. The van der Waals surface area contributed by atoms with Crippen LogP contribution in [0, 0.1) is 6.92 Å². The number of nitrogens with zero attached hydrogens (tertiary/aromatic N) is 1. The van der Waals surface area contributed by atoms with Crippen molar-refractivity contribution in [1.29, 1.82) is 0 Å². The lowest BCUT2D eigenvalue weighted by Gasteiger charge is -2.14. The van der Waals surface area contributed by atoms with Gasteiger partial charge in [-0.3, -0.25) is 9.59 Å². The lowest BCUT2D eigenvalue weighted by atomic mass is 10.2. The maximum atomic E-state index is 12.3. The van der Waals surface area contributed by atoms with Crippen molar-refractivity contribution in [2.75, 3.05) is 19.0 Å². The molecule has 0 saturated carbocycles. The second-order valence-electron chi connectivity index (χ2n) is 6.75. The van der Waals surface area contributed by atoms with E-state index in [9.17, 15) is 9.59 Å². The summed E-state index contributed by atoms with van der Waals surface area (Å²) in [5.74, 6) is -0.0946. The number of halogens is 1. The van der Waals surface area contributed by atoms with E-state index >= 15 is 0 Å². The fourth-order valence-corrected chi connectivity index (χ4v) is 3.08. The molecule has 0 atom stereocenters. The standard InChI is InChI=1S/C24H22ClN3O4/c1-16-8-6-7-11-20(16)27-22(29)15-32-23-19(25)12-17(13-21(23)31-2)14-26-28-24(30)18-9-4-3-5-10-18/h3-14H,15H2,1-2H3,(H,27,29)(H,28,30)/b26-14+. The molecule has 0 aliphatic heterocycles. The summed E-state index contributed by atoms with van der Waals surface area (Å²) in [6.45, 7) is 1.66. The highest BCUT2D eigenvalue weighted by molar-refractivity contribution is 6.32. The predicted molar refractivity (Wildman–Crippen MR) is 125 cm³/mol. The molecule has 2 amide bonds. The average molecular weight is 452 g/mol. The Balaban J connectivity index is 1.63. The molecule has 0 saturated heterocycles. The summed E-state index contributed by atoms with van der Waals surface area (Å²) in [6.07, 6.45) is 1.43. The topological polar surface area (TPSA) is 89.0 Å². The molecule has 0 fully saturated rings. The van der Waals surface area contributed by atoms with E-state index in [1.807, 2.05) is 37.3 Å². The molecular weight excluding hydrogens is 430 g/mol. The zero-order valence-electron chi connectivity index (χ0n) is 17.6. The van der Waals surface area contributed by atoms with Crippen molar-refractivity contribution in [3.05, 3.63) is 88.4 Å². The smallest absolute Gasteiger partial charge is 0.271 e. The van der Waals surface area contributed by atoms with Crippen LogP contribution < -0.4 is 20.2 Å². The quantitative estimate of drug-likeness (QED) is 0.391. The van der Waals surface area contributed by atoms with Gasteiger partial charge in [0.25, 0.3) is 11.8 Å². The van der Waals surface area contributed by atoms with Gasteiger partial charge in [-0.25, -0.2) is 5.43 Å². The molecule has 8 heteroatoms. The molecule has 2 N–H and O–H groups in total. The minimum Gasteiger partial charge on any atom is -0.493 e. The molecule has 3 aromatic rings. The normalized spacial score (nSPS) is 10.6. The van der Waals surface area contributed by atoms with Crippen LogP contribution in [0.1, 0.15) is 21.5 Å². The van der Waals surface area contributed by atoms with Crippen LogP contribution in [0.15, 0.2) is 71.8 Å². The summed E-state index contributed by atoms with van der Waals surface area (Å²) < 4.78 is 10.9. The van der Waals surface area contributed by atoms with Crippen LogP contribution in [0.5, 0.6) is 11.5 Å². The summed E-state index contributed by atoms with van der Waals surface area (Å²) in [5, 5.41) is 6.98. The zero-order chi connectivity index (χ0) is 22.9. The lowest BCUT2D eigenvalue weighted by Crippen LogP contribution is -2.21. The Morgan fingerprint density at radius 1 is 1.06 bits per heavy atom. The van der Waals surface area contributed by atoms with Gasteiger partial charge in [0.15, 0.2) is 18.1 Å². The van der Waals surface area contributed by atoms with Crippen LogP contribution in [0.25, 0.3) is 0 Å². The molecule has 0 spiro atoms.